The van der Waals surface area contributed by atoms with Crippen LogP contribution in [0.2, 0.25) is 0 Å². The van der Waals surface area contributed by atoms with Gasteiger partial charge in [0.2, 0.25) is 10.0 Å². The molecule has 1 aromatic heterocycles. The molecule has 7 nitrogen and oxygen atoms in total. The van der Waals surface area contributed by atoms with Gasteiger partial charge in [-0.05, 0) is 57.0 Å². The predicted molar refractivity (Wildman–Crippen MR) is 134 cm³/mol. The highest BCUT2D eigenvalue weighted by molar-refractivity contribution is 7.98. The topological polar surface area (TPSA) is 92.5 Å². The molecule has 0 saturated carbocycles. The maximum Gasteiger partial charge on any atom is 0.256 e. The second kappa shape index (κ2) is 10.8. The summed E-state index contributed by atoms with van der Waals surface area (Å²) in [5.41, 5.74) is 2.84. The highest BCUT2D eigenvalue weighted by atomic mass is 32.2. The standard InChI is InChI=1S/C25H29N3O4S2/c1-18-23(19(2)32-27-18)17-33-24-13-6-5-12-22(24)25(29)26-20-10-9-11-21(16-20)34(30,31)28-14-7-3-4-8-15-28/h5-6,9-13,16H,3-4,7-8,14-15,17H2,1-2H3,(H,26,29). The lowest BCUT2D eigenvalue weighted by Gasteiger charge is -2.20. The Morgan fingerprint density at radius 1 is 1.06 bits per heavy atom. The van der Waals surface area contributed by atoms with Gasteiger partial charge in [0, 0.05) is 35.0 Å². The van der Waals surface area contributed by atoms with Crippen molar-refractivity contribution >= 4 is 33.4 Å². The molecule has 0 radical (unpaired) electrons. The van der Waals surface area contributed by atoms with Crippen LogP contribution in [0.25, 0.3) is 0 Å². The van der Waals surface area contributed by atoms with Crippen LogP contribution in [0, 0.1) is 13.8 Å². The van der Waals surface area contributed by atoms with Crippen LogP contribution >= 0.6 is 11.8 Å². The van der Waals surface area contributed by atoms with Gasteiger partial charge in [0.05, 0.1) is 16.2 Å². The molecular formula is C25H29N3O4S2. The Kier molecular flexibility index (Phi) is 7.75. The molecule has 1 N–H and O–H groups in total. The number of thioether (sulfide) groups is 1. The molecule has 0 aliphatic carbocycles. The van der Waals surface area contributed by atoms with E-state index in [1.165, 1.54) is 17.8 Å². The van der Waals surface area contributed by atoms with Gasteiger partial charge in [0.15, 0.2) is 0 Å². The Morgan fingerprint density at radius 2 is 1.79 bits per heavy atom. The number of rotatable bonds is 7. The Hall–Kier alpha value is -2.62. The maximum absolute atomic E-state index is 13.2. The van der Waals surface area contributed by atoms with Gasteiger partial charge in [-0.15, -0.1) is 11.8 Å². The summed E-state index contributed by atoms with van der Waals surface area (Å²) in [6.07, 6.45) is 3.85. The number of hydrogen-bond donors (Lipinski definition) is 1. The van der Waals surface area contributed by atoms with Crippen LogP contribution in [0.5, 0.6) is 0 Å². The minimum Gasteiger partial charge on any atom is -0.361 e. The smallest absolute Gasteiger partial charge is 0.256 e. The van der Waals surface area contributed by atoms with E-state index < -0.39 is 10.0 Å². The van der Waals surface area contributed by atoms with Crippen LogP contribution in [0.3, 0.4) is 0 Å². The third-order valence-corrected chi connectivity index (χ3v) is 8.97. The third-order valence-electron chi connectivity index (χ3n) is 5.98. The normalized spacial score (nSPS) is 15.1. The molecule has 4 rings (SSSR count). The summed E-state index contributed by atoms with van der Waals surface area (Å²) < 4.78 is 33.1. The van der Waals surface area contributed by atoms with Crippen molar-refractivity contribution in [3.8, 4) is 0 Å². The van der Waals surface area contributed by atoms with Gasteiger partial charge in [-0.2, -0.15) is 4.31 Å². The molecule has 0 spiro atoms. The molecule has 180 valence electrons. The number of nitrogens with one attached hydrogen (secondary N) is 1. The summed E-state index contributed by atoms with van der Waals surface area (Å²) in [5.74, 6) is 1.12. The zero-order valence-corrected chi connectivity index (χ0v) is 21.0. The van der Waals surface area contributed by atoms with Gasteiger partial charge in [0.25, 0.3) is 5.91 Å². The van der Waals surface area contributed by atoms with Gasteiger partial charge >= 0.3 is 0 Å². The summed E-state index contributed by atoms with van der Waals surface area (Å²) in [4.78, 5) is 14.2. The molecule has 1 aliphatic rings. The van der Waals surface area contributed by atoms with E-state index in [1.54, 1.807) is 28.6 Å². The van der Waals surface area contributed by atoms with E-state index in [9.17, 15) is 13.2 Å². The van der Waals surface area contributed by atoms with Crippen LogP contribution in [0.4, 0.5) is 5.69 Å². The van der Waals surface area contributed by atoms with E-state index in [-0.39, 0.29) is 10.8 Å². The molecule has 34 heavy (non-hydrogen) atoms. The molecule has 0 bridgehead atoms. The van der Waals surface area contributed by atoms with E-state index in [2.05, 4.69) is 10.5 Å². The average Bonchev–Trinajstić information content (AvgIpc) is 3.01. The molecular weight excluding hydrogens is 470 g/mol. The number of sulfonamides is 1. The summed E-state index contributed by atoms with van der Waals surface area (Å²) >= 11 is 1.54. The molecule has 0 unspecified atom stereocenters. The van der Waals surface area contributed by atoms with Crippen molar-refractivity contribution in [3.05, 3.63) is 71.1 Å². The van der Waals surface area contributed by atoms with Crippen molar-refractivity contribution < 1.29 is 17.7 Å². The maximum atomic E-state index is 13.2. The lowest BCUT2D eigenvalue weighted by molar-refractivity contribution is 0.102. The monoisotopic (exact) mass is 499 g/mol. The first-order chi connectivity index (χ1) is 16.4. The van der Waals surface area contributed by atoms with Gasteiger partial charge in [-0.3, -0.25) is 4.79 Å². The minimum absolute atomic E-state index is 0.202. The van der Waals surface area contributed by atoms with Crippen molar-refractivity contribution in [1.82, 2.24) is 9.46 Å². The van der Waals surface area contributed by atoms with Crippen molar-refractivity contribution in [2.45, 2.75) is 55.1 Å². The summed E-state index contributed by atoms with van der Waals surface area (Å²) in [6, 6.07) is 13.9. The molecule has 1 aliphatic heterocycles. The van der Waals surface area contributed by atoms with Crippen LogP contribution in [-0.4, -0.2) is 36.9 Å². The molecule has 1 fully saturated rings. The Balaban J connectivity index is 1.50. The fraction of sp³-hybridized carbons (Fsp3) is 0.360. The number of benzene rings is 2. The first kappa shape index (κ1) is 24.5. The number of carbonyl (C=O) groups excluding carboxylic acids is 1. The van der Waals surface area contributed by atoms with Gasteiger partial charge < -0.3 is 9.84 Å². The SMILES string of the molecule is Cc1noc(C)c1CSc1ccccc1C(=O)Nc1cccc(S(=O)(=O)N2CCCCCC2)c1. The zero-order valence-electron chi connectivity index (χ0n) is 19.4. The lowest BCUT2D eigenvalue weighted by Crippen LogP contribution is -2.32. The van der Waals surface area contributed by atoms with Gasteiger partial charge in [0.1, 0.15) is 5.76 Å². The fourth-order valence-corrected chi connectivity index (χ4v) is 6.77. The molecule has 2 aromatic carbocycles. The number of nitrogens with zero attached hydrogens (tertiary/aromatic N) is 2. The largest absolute Gasteiger partial charge is 0.361 e. The van der Waals surface area contributed by atoms with Gasteiger partial charge in [-0.1, -0.05) is 36.2 Å². The van der Waals surface area contributed by atoms with E-state index in [4.69, 9.17) is 4.52 Å². The quantitative estimate of drug-likeness (QED) is 0.438. The molecule has 9 heteroatoms. The first-order valence-electron chi connectivity index (χ1n) is 11.4. The number of aromatic nitrogens is 1. The average molecular weight is 500 g/mol. The third kappa shape index (κ3) is 5.54. The molecule has 3 aromatic rings. The van der Waals surface area contributed by atoms with Crippen molar-refractivity contribution in [2.75, 3.05) is 18.4 Å². The highest BCUT2D eigenvalue weighted by Gasteiger charge is 2.25. The Bertz CT molecular complexity index is 1240. The van der Waals surface area contributed by atoms with Gasteiger partial charge in [-0.25, -0.2) is 8.42 Å². The molecule has 1 saturated heterocycles. The molecule has 1 amide bonds. The number of hydrogen-bond acceptors (Lipinski definition) is 6. The van der Waals surface area contributed by atoms with Crippen LogP contribution in [0.1, 0.15) is 53.1 Å². The fourth-order valence-electron chi connectivity index (χ4n) is 4.00. The highest BCUT2D eigenvalue weighted by Crippen LogP contribution is 2.30. The van der Waals surface area contributed by atoms with Crippen molar-refractivity contribution in [3.63, 3.8) is 0 Å². The van der Waals surface area contributed by atoms with Crippen LogP contribution in [-0.2, 0) is 15.8 Å². The predicted octanol–water partition coefficient (Wildman–Crippen LogP) is 5.40. The number of carbonyl (C=O) groups is 1. The zero-order chi connectivity index (χ0) is 24.1. The first-order valence-corrected chi connectivity index (χ1v) is 13.8. The second-order valence-corrected chi connectivity index (χ2v) is 11.3. The molecule has 2 heterocycles. The Morgan fingerprint density at radius 3 is 2.50 bits per heavy atom. The lowest BCUT2D eigenvalue weighted by atomic mass is 10.2. The summed E-state index contributed by atoms with van der Waals surface area (Å²) in [7, 11) is -3.60. The number of anilines is 1. The van der Waals surface area contributed by atoms with E-state index in [0.29, 0.717) is 30.1 Å². The van der Waals surface area contributed by atoms with E-state index in [0.717, 1.165) is 47.6 Å². The Labute approximate surface area is 205 Å². The van der Waals surface area contributed by atoms with E-state index >= 15 is 0 Å². The minimum atomic E-state index is -3.60. The summed E-state index contributed by atoms with van der Waals surface area (Å²) in [5, 5.41) is 6.86. The van der Waals surface area contributed by atoms with Crippen LogP contribution in [0.15, 0.2) is 62.8 Å². The number of amides is 1. The van der Waals surface area contributed by atoms with Crippen molar-refractivity contribution in [2.24, 2.45) is 0 Å². The van der Waals surface area contributed by atoms with E-state index in [1.807, 2.05) is 32.0 Å². The van der Waals surface area contributed by atoms with Crippen molar-refractivity contribution in [1.29, 1.82) is 0 Å². The number of aryl methyl sites for hydroxylation is 2. The second-order valence-electron chi connectivity index (χ2n) is 8.39. The molecule has 0 atom stereocenters. The summed E-state index contributed by atoms with van der Waals surface area (Å²) in [6.45, 7) is 4.85. The van der Waals surface area contributed by atoms with Crippen LogP contribution < -0.4 is 5.32 Å².